The molecule has 2 heterocycles. The Balaban J connectivity index is 1.96. The van der Waals surface area contributed by atoms with Gasteiger partial charge in [-0.3, -0.25) is 4.79 Å². The second kappa shape index (κ2) is 5.57. The summed E-state index contributed by atoms with van der Waals surface area (Å²) >= 11 is 0. The van der Waals surface area contributed by atoms with Crippen molar-refractivity contribution in [1.29, 1.82) is 0 Å². The lowest BCUT2D eigenvalue weighted by atomic mass is 9.70. The first kappa shape index (κ1) is 13.8. The molecule has 1 spiro atoms. The summed E-state index contributed by atoms with van der Waals surface area (Å²) in [5.41, 5.74) is 0.153. The average Bonchev–Trinajstić information content (AvgIpc) is 2.75. The standard InChI is InChI=1S/C14H26N2O2/c1-11(2)9-16-6-4-14(5-7-16)10-15-8-12(14)13(17)18-3/h11-12,15H,4-10H2,1-3H3. The number of likely N-dealkylation sites (tertiary alicyclic amines) is 1. The molecule has 104 valence electrons. The minimum Gasteiger partial charge on any atom is -0.469 e. The second-order valence-electron chi connectivity index (χ2n) is 6.26. The smallest absolute Gasteiger partial charge is 0.310 e. The van der Waals surface area contributed by atoms with E-state index in [1.807, 2.05) is 0 Å². The van der Waals surface area contributed by atoms with Crippen LogP contribution < -0.4 is 5.32 Å². The maximum absolute atomic E-state index is 11.9. The van der Waals surface area contributed by atoms with Crippen LogP contribution in [-0.4, -0.2) is 50.7 Å². The van der Waals surface area contributed by atoms with Gasteiger partial charge in [0.25, 0.3) is 0 Å². The van der Waals surface area contributed by atoms with Crippen molar-refractivity contribution >= 4 is 5.97 Å². The number of rotatable bonds is 3. The third kappa shape index (κ3) is 2.69. The number of carbonyl (C=O) groups is 1. The molecule has 0 aromatic carbocycles. The first-order valence-corrected chi connectivity index (χ1v) is 7.08. The summed E-state index contributed by atoms with van der Waals surface area (Å²) < 4.78 is 4.96. The third-order valence-corrected chi connectivity index (χ3v) is 4.53. The van der Waals surface area contributed by atoms with E-state index in [2.05, 4.69) is 24.1 Å². The summed E-state index contributed by atoms with van der Waals surface area (Å²) in [6.07, 6.45) is 2.24. The molecule has 4 nitrogen and oxygen atoms in total. The first-order chi connectivity index (χ1) is 8.57. The first-order valence-electron chi connectivity index (χ1n) is 7.08. The molecule has 18 heavy (non-hydrogen) atoms. The fourth-order valence-corrected chi connectivity index (χ4v) is 3.50. The van der Waals surface area contributed by atoms with E-state index in [-0.39, 0.29) is 17.3 Å². The molecule has 0 saturated carbocycles. The van der Waals surface area contributed by atoms with Gasteiger partial charge in [0.15, 0.2) is 0 Å². The highest BCUT2D eigenvalue weighted by molar-refractivity contribution is 5.74. The molecule has 1 N–H and O–H groups in total. The molecule has 0 aromatic heterocycles. The third-order valence-electron chi connectivity index (χ3n) is 4.53. The minimum atomic E-state index is -0.0303. The van der Waals surface area contributed by atoms with Crippen LogP contribution >= 0.6 is 0 Å². The van der Waals surface area contributed by atoms with Crippen molar-refractivity contribution in [3.63, 3.8) is 0 Å². The van der Waals surface area contributed by atoms with Crippen molar-refractivity contribution in [3.05, 3.63) is 0 Å². The van der Waals surface area contributed by atoms with Crippen molar-refractivity contribution in [3.8, 4) is 0 Å². The highest BCUT2D eigenvalue weighted by atomic mass is 16.5. The maximum Gasteiger partial charge on any atom is 0.310 e. The van der Waals surface area contributed by atoms with Gasteiger partial charge in [-0.05, 0) is 37.3 Å². The molecular formula is C14H26N2O2. The average molecular weight is 254 g/mol. The molecule has 0 radical (unpaired) electrons. The van der Waals surface area contributed by atoms with Crippen LogP contribution in [0, 0.1) is 17.3 Å². The Kier molecular flexibility index (Phi) is 4.28. The zero-order valence-electron chi connectivity index (χ0n) is 11.9. The Morgan fingerprint density at radius 3 is 2.67 bits per heavy atom. The quantitative estimate of drug-likeness (QED) is 0.766. The summed E-state index contributed by atoms with van der Waals surface area (Å²) in [7, 11) is 1.50. The number of ether oxygens (including phenoxy) is 1. The van der Waals surface area contributed by atoms with Crippen molar-refractivity contribution in [2.24, 2.45) is 17.3 Å². The van der Waals surface area contributed by atoms with Crippen molar-refractivity contribution < 1.29 is 9.53 Å². The number of nitrogens with one attached hydrogen (secondary N) is 1. The fourth-order valence-electron chi connectivity index (χ4n) is 3.50. The van der Waals surface area contributed by atoms with Gasteiger partial charge in [0, 0.05) is 19.6 Å². The van der Waals surface area contributed by atoms with Gasteiger partial charge < -0.3 is 15.0 Å². The Morgan fingerprint density at radius 2 is 2.11 bits per heavy atom. The monoisotopic (exact) mass is 254 g/mol. The second-order valence-corrected chi connectivity index (χ2v) is 6.26. The van der Waals surface area contributed by atoms with E-state index in [1.54, 1.807) is 0 Å². The summed E-state index contributed by atoms with van der Waals surface area (Å²) in [6, 6.07) is 0. The Morgan fingerprint density at radius 1 is 1.44 bits per heavy atom. The van der Waals surface area contributed by atoms with E-state index in [0.29, 0.717) is 0 Å². The number of piperidine rings is 1. The zero-order valence-corrected chi connectivity index (χ0v) is 11.9. The van der Waals surface area contributed by atoms with Crippen LogP contribution in [0.5, 0.6) is 0 Å². The topological polar surface area (TPSA) is 41.6 Å². The molecule has 0 aromatic rings. The molecular weight excluding hydrogens is 228 g/mol. The lowest BCUT2D eigenvalue weighted by Crippen LogP contribution is -2.47. The van der Waals surface area contributed by atoms with E-state index in [9.17, 15) is 4.79 Å². The van der Waals surface area contributed by atoms with E-state index < -0.39 is 0 Å². The Bertz CT molecular complexity index is 296. The molecule has 0 aliphatic carbocycles. The predicted octanol–water partition coefficient (Wildman–Crippen LogP) is 1.12. The van der Waals surface area contributed by atoms with Crippen LogP contribution in [0.15, 0.2) is 0 Å². The molecule has 1 atom stereocenters. The van der Waals surface area contributed by atoms with Crippen LogP contribution in [0.4, 0.5) is 0 Å². The molecule has 0 amide bonds. The van der Waals surface area contributed by atoms with Gasteiger partial charge in [-0.25, -0.2) is 0 Å². The number of carbonyl (C=O) groups excluding carboxylic acids is 1. The van der Waals surface area contributed by atoms with Crippen LogP contribution in [0.2, 0.25) is 0 Å². The van der Waals surface area contributed by atoms with E-state index in [0.717, 1.165) is 44.9 Å². The maximum atomic E-state index is 11.9. The molecule has 1 unspecified atom stereocenters. The predicted molar refractivity (Wildman–Crippen MR) is 71.3 cm³/mol. The van der Waals surface area contributed by atoms with Gasteiger partial charge in [-0.15, -0.1) is 0 Å². The molecule has 2 fully saturated rings. The zero-order chi connectivity index (χ0) is 13.2. The lowest BCUT2D eigenvalue weighted by molar-refractivity contribution is -0.149. The van der Waals surface area contributed by atoms with E-state index >= 15 is 0 Å². The lowest BCUT2D eigenvalue weighted by Gasteiger charge is -2.42. The Hall–Kier alpha value is -0.610. The number of methoxy groups -OCH3 is 1. The highest BCUT2D eigenvalue weighted by Gasteiger charge is 2.48. The SMILES string of the molecule is COC(=O)C1CNCC12CCN(CC(C)C)CC2. The van der Waals surface area contributed by atoms with Crippen molar-refractivity contribution in [2.45, 2.75) is 26.7 Å². The fraction of sp³-hybridized carbons (Fsp3) is 0.929. The normalized spacial score (nSPS) is 27.9. The van der Waals surface area contributed by atoms with Gasteiger partial charge in [0.1, 0.15) is 0 Å². The van der Waals surface area contributed by atoms with E-state index in [4.69, 9.17) is 4.74 Å². The number of hydrogen-bond donors (Lipinski definition) is 1. The number of esters is 1. The minimum absolute atomic E-state index is 0.0303. The molecule has 4 heteroatoms. The van der Waals surface area contributed by atoms with Crippen LogP contribution in [0.25, 0.3) is 0 Å². The number of nitrogens with zero attached hydrogens (tertiary/aromatic N) is 1. The Labute approximate surface area is 110 Å². The number of hydrogen-bond acceptors (Lipinski definition) is 4. The van der Waals surface area contributed by atoms with Crippen molar-refractivity contribution in [1.82, 2.24) is 10.2 Å². The van der Waals surface area contributed by atoms with Crippen LogP contribution in [0.3, 0.4) is 0 Å². The molecule has 2 aliphatic heterocycles. The van der Waals surface area contributed by atoms with Crippen LogP contribution in [-0.2, 0) is 9.53 Å². The van der Waals surface area contributed by atoms with Gasteiger partial charge in [-0.1, -0.05) is 13.8 Å². The van der Waals surface area contributed by atoms with Crippen LogP contribution in [0.1, 0.15) is 26.7 Å². The summed E-state index contributed by atoms with van der Waals surface area (Å²) in [6.45, 7) is 9.70. The summed E-state index contributed by atoms with van der Waals surface area (Å²) in [5, 5.41) is 3.38. The highest BCUT2D eigenvalue weighted by Crippen LogP contribution is 2.42. The summed E-state index contributed by atoms with van der Waals surface area (Å²) in [4.78, 5) is 14.4. The van der Waals surface area contributed by atoms with E-state index in [1.165, 1.54) is 13.7 Å². The van der Waals surface area contributed by atoms with Gasteiger partial charge in [0.05, 0.1) is 13.0 Å². The molecule has 0 bridgehead atoms. The van der Waals surface area contributed by atoms with Gasteiger partial charge in [-0.2, -0.15) is 0 Å². The molecule has 2 saturated heterocycles. The summed E-state index contributed by atoms with van der Waals surface area (Å²) in [5.74, 6) is 0.748. The molecule has 2 rings (SSSR count). The van der Waals surface area contributed by atoms with Crippen molar-refractivity contribution in [2.75, 3.05) is 39.8 Å². The largest absolute Gasteiger partial charge is 0.469 e. The van der Waals surface area contributed by atoms with Gasteiger partial charge >= 0.3 is 5.97 Å². The van der Waals surface area contributed by atoms with Gasteiger partial charge in [0.2, 0.25) is 0 Å². The molecule has 2 aliphatic rings.